The topological polar surface area (TPSA) is 116 Å². The van der Waals surface area contributed by atoms with Gasteiger partial charge in [0.05, 0.1) is 13.3 Å². The third-order valence-electron chi connectivity index (χ3n) is 6.98. The molecule has 0 spiro atoms. The monoisotopic (exact) mass is 684 g/mol. The molecule has 11 heteroatoms. The van der Waals surface area contributed by atoms with Crippen molar-refractivity contribution >= 4 is 39.6 Å². The number of nitrogens with one attached hydrogen (secondary N) is 2. The lowest BCUT2D eigenvalue weighted by Crippen LogP contribution is -2.20. The molecule has 0 saturated heterocycles. The van der Waals surface area contributed by atoms with Gasteiger partial charge in [0.25, 0.3) is 5.91 Å². The van der Waals surface area contributed by atoms with Crippen LogP contribution in [0.2, 0.25) is 0 Å². The summed E-state index contributed by atoms with van der Waals surface area (Å²) in [6.45, 7) is 6.05. The Morgan fingerprint density at radius 3 is 2.30 bits per heavy atom. The molecule has 236 valence electrons. The summed E-state index contributed by atoms with van der Waals surface area (Å²) in [6.07, 6.45) is 1.45. The minimum Gasteiger partial charge on any atom is -0.493 e. The fraction of sp³-hybridized carbons (Fsp3) is 0.171. The zero-order chi connectivity index (χ0) is 32.6. The Morgan fingerprint density at radius 1 is 0.891 bits per heavy atom. The number of ether oxygens (including phenoxy) is 3. The number of hydrazone groups is 1. The number of hydrogen-bond acceptors (Lipinski definition) is 7. The average Bonchev–Trinajstić information content (AvgIpc) is 3.67. The quantitative estimate of drug-likeness (QED) is 0.107. The number of nitrogens with zero attached hydrogens (tertiary/aromatic N) is 2. The van der Waals surface area contributed by atoms with E-state index in [0.29, 0.717) is 38.7 Å². The summed E-state index contributed by atoms with van der Waals surface area (Å²) in [4.78, 5) is 25.0. The van der Waals surface area contributed by atoms with E-state index in [0.717, 1.165) is 22.6 Å². The number of halogens is 1. The molecule has 2 amide bonds. The van der Waals surface area contributed by atoms with Gasteiger partial charge in [-0.1, -0.05) is 17.7 Å². The Bertz CT molecular complexity index is 1840. The van der Waals surface area contributed by atoms with Gasteiger partial charge >= 0.3 is 5.91 Å². The standard InChI is InChI=1S/C35H33BrN4O6/c1-22-5-9-26(10-6-22)38-34(41)21-45-33-18-30(36)25(17-32(33)43-4)19-37-39-35(42)31-16-15-29(46-31)20-44-28-13-11-27(12-14-28)40-23(2)7-8-24(40)3/h5-19H,20-21H2,1-4H3,(H,38,41)(H,39,42)/b37-19+. The molecule has 5 rings (SSSR count). The molecule has 5 aromatic rings. The summed E-state index contributed by atoms with van der Waals surface area (Å²) in [5.74, 6) is 1.18. The zero-order valence-corrected chi connectivity index (χ0v) is 27.4. The lowest BCUT2D eigenvalue weighted by molar-refractivity contribution is -0.118. The highest BCUT2D eigenvalue weighted by molar-refractivity contribution is 9.10. The summed E-state index contributed by atoms with van der Waals surface area (Å²) in [5.41, 5.74) is 8.21. The van der Waals surface area contributed by atoms with E-state index in [-0.39, 0.29) is 24.9 Å². The zero-order valence-electron chi connectivity index (χ0n) is 25.8. The number of aryl methyl sites for hydroxylation is 3. The molecule has 0 aliphatic heterocycles. The first-order valence-corrected chi connectivity index (χ1v) is 15.2. The van der Waals surface area contributed by atoms with Crippen LogP contribution >= 0.6 is 15.9 Å². The lowest BCUT2D eigenvalue weighted by atomic mass is 10.2. The molecule has 0 bridgehead atoms. The number of aromatic nitrogens is 1. The number of hydrogen-bond donors (Lipinski definition) is 2. The molecular weight excluding hydrogens is 652 g/mol. The van der Waals surface area contributed by atoms with Crippen LogP contribution in [0.25, 0.3) is 5.69 Å². The lowest BCUT2D eigenvalue weighted by Gasteiger charge is -2.13. The van der Waals surface area contributed by atoms with Crippen LogP contribution in [0.5, 0.6) is 17.2 Å². The fourth-order valence-corrected chi connectivity index (χ4v) is 5.04. The minimum absolute atomic E-state index is 0.0916. The van der Waals surface area contributed by atoms with E-state index in [9.17, 15) is 9.59 Å². The van der Waals surface area contributed by atoms with Gasteiger partial charge in [0, 0.05) is 32.8 Å². The van der Waals surface area contributed by atoms with Gasteiger partial charge in [-0.25, -0.2) is 5.43 Å². The van der Waals surface area contributed by atoms with Crippen LogP contribution in [0.15, 0.2) is 98.9 Å². The van der Waals surface area contributed by atoms with Crippen LogP contribution in [-0.4, -0.2) is 36.3 Å². The predicted octanol–water partition coefficient (Wildman–Crippen LogP) is 7.13. The van der Waals surface area contributed by atoms with Crippen LogP contribution in [0, 0.1) is 20.8 Å². The second-order valence-electron chi connectivity index (χ2n) is 10.4. The average molecular weight is 686 g/mol. The number of furan rings is 1. The van der Waals surface area contributed by atoms with Crippen LogP contribution in [0.3, 0.4) is 0 Å². The van der Waals surface area contributed by atoms with E-state index in [1.165, 1.54) is 13.3 Å². The Morgan fingerprint density at radius 2 is 1.61 bits per heavy atom. The Labute approximate surface area is 275 Å². The van der Waals surface area contributed by atoms with Crippen molar-refractivity contribution in [1.29, 1.82) is 0 Å². The summed E-state index contributed by atoms with van der Waals surface area (Å²) < 4.78 is 25.4. The van der Waals surface area contributed by atoms with Gasteiger partial charge in [-0.05, 0) is 109 Å². The van der Waals surface area contributed by atoms with Gasteiger partial charge in [-0.15, -0.1) is 0 Å². The number of amides is 2. The van der Waals surface area contributed by atoms with Crippen molar-refractivity contribution in [3.63, 3.8) is 0 Å². The minimum atomic E-state index is -0.521. The van der Waals surface area contributed by atoms with E-state index in [4.69, 9.17) is 18.6 Å². The highest BCUT2D eigenvalue weighted by Crippen LogP contribution is 2.33. The molecular formula is C35H33BrN4O6. The molecule has 0 radical (unpaired) electrons. The second-order valence-corrected chi connectivity index (χ2v) is 11.3. The van der Waals surface area contributed by atoms with E-state index in [1.807, 2.05) is 55.5 Å². The molecule has 2 N–H and O–H groups in total. The largest absolute Gasteiger partial charge is 0.493 e. The Balaban J connectivity index is 1.12. The predicted molar refractivity (Wildman–Crippen MR) is 179 cm³/mol. The van der Waals surface area contributed by atoms with Crippen molar-refractivity contribution < 1.29 is 28.2 Å². The van der Waals surface area contributed by atoms with Crippen molar-refractivity contribution in [2.24, 2.45) is 5.10 Å². The molecule has 0 aliphatic carbocycles. The number of carbonyl (C=O) groups is 2. The van der Waals surface area contributed by atoms with Gasteiger partial charge in [-0.2, -0.15) is 5.10 Å². The van der Waals surface area contributed by atoms with Gasteiger partial charge in [0.2, 0.25) is 0 Å². The maximum atomic E-state index is 12.6. The number of rotatable bonds is 12. The molecule has 0 aliphatic rings. The smallest absolute Gasteiger partial charge is 0.307 e. The molecule has 3 aromatic carbocycles. The normalized spacial score (nSPS) is 11.0. The first kappa shape index (κ1) is 32.1. The third-order valence-corrected chi connectivity index (χ3v) is 7.67. The first-order chi connectivity index (χ1) is 22.2. The molecule has 10 nitrogen and oxygen atoms in total. The molecule has 0 atom stereocenters. The van der Waals surface area contributed by atoms with E-state index in [1.54, 1.807) is 24.3 Å². The van der Waals surface area contributed by atoms with Crippen molar-refractivity contribution in [2.75, 3.05) is 19.0 Å². The van der Waals surface area contributed by atoms with E-state index >= 15 is 0 Å². The summed E-state index contributed by atoms with van der Waals surface area (Å²) in [7, 11) is 1.49. The van der Waals surface area contributed by atoms with Crippen molar-refractivity contribution in [2.45, 2.75) is 27.4 Å². The summed E-state index contributed by atoms with van der Waals surface area (Å²) >= 11 is 3.48. The number of benzene rings is 3. The Hall–Kier alpha value is -5.29. The summed E-state index contributed by atoms with van der Waals surface area (Å²) in [6, 6.07) is 26.0. The Kier molecular flexibility index (Phi) is 10.2. The van der Waals surface area contributed by atoms with Crippen LogP contribution < -0.4 is 25.0 Å². The van der Waals surface area contributed by atoms with Crippen LogP contribution in [-0.2, 0) is 11.4 Å². The fourth-order valence-electron chi connectivity index (χ4n) is 4.61. The number of anilines is 1. The molecule has 2 heterocycles. The summed E-state index contributed by atoms with van der Waals surface area (Å²) in [5, 5.41) is 6.83. The van der Waals surface area contributed by atoms with Crippen LogP contribution in [0.1, 0.15) is 38.8 Å². The van der Waals surface area contributed by atoms with E-state index < -0.39 is 5.91 Å². The van der Waals surface area contributed by atoms with Crippen molar-refractivity contribution in [3.8, 4) is 22.9 Å². The molecule has 0 unspecified atom stereocenters. The van der Waals surface area contributed by atoms with Gasteiger partial charge < -0.3 is 28.5 Å². The van der Waals surface area contributed by atoms with Gasteiger partial charge in [-0.3, -0.25) is 9.59 Å². The number of methoxy groups -OCH3 is 1. The first-order valence-electron chi connectivity index (χ1n) is 14.4. The van der Waals surface area contributed by atoms with E-state index in [2.05, 4.69) is 62.3 Å². The van der Waals surface area contributed by atoms with Gasteiger partial charge in [0.15, 0.2) is 23.9 Å². The second kappa shape index (κ2) is 14.7. The van der Waals surface area contributed by atoms with Crippen molar-refractivity contribution in [1.82, 2.24) is 9.99 Å². The number of carbonyl (C=O) groups excluding carboxylic acids is 2. The molecule has 2 aromatic heterocycles. The molecule has 46 heavy (non-hydrogen) atoms. The SMILES string of the molecule is COc1cc(/C=N/NC(=O)c2ccc(COc3ccc(-n4c(C)ccc4C)cc3)o2)c(Br)cc1OCC(=O)Nc1ccc(C)cc1. The highest BCUT2D eigenvalue weighted by Gasteiger charge is 2.14. The molecule has 0 fully saturated rings. The van der Waals surface area contributed by atoms with Crippen molar-refractivity contribution in [3.05, 3.63) is 123 Å². The maximum Gasteiger partial charge on any atom is 0.307 e. The van der Waals surface area contributed by atoms with Crippen LogP contribution in [0.4, 0.5) is 5.69 Å². The third kappa shape index (κ3) is 8.05. The maximum absolute atomic E-state index is 12.6. The highest BCUT2D eigenvalue weighted by atomic mass is 79.9. The molecule has 0 saturated carbocycles. The van der Waals surface area contributed by atoms with Gasteiger partial charge in [0.1, 0.15) is 18.1 Å².